The van der Waals surface area contributed by atoms with E-state index in [-0.39, 0.29) is 10.6 Å². The van der Waals surface area contributed by atoms with Crippen molar-refractivity contribution in [1.29, 1.82) is 0 Å². The van der Waals surface area contributed by atoms with Crippen LogP contribution in [0.25, 0.3) is 16.6 Å². The molecule has 0 spiro atoms. The molecule has 0 aliphatic carbocycles. The first kappa shape index (κ1) is 20.3. The van der Waals surface area contributed by atoms with Crippen molar-refractivity contribution >= 4 is 26.6 Å². The Kier molecular flexibility index (Phi) is 4.74. The molecule has 0 saturated heterocycles. The van der Waals surface area contributed by atoms with Gasteiger partial charge in [-0.3, -0.25) is 9.10 Å². The molecule has 2 heterocycles. The van der Waals surface area contributed by atoms with Gasteiger partial charge in [0, 0.05) is 6.54 Å². The zero-order chi connectivity index (χ0) is 22.5. The summed E-state index contributed by atoms with van der Waals surface area (Å²) < 4.78 is 29.8. The van der Waals surface area contributed by atoms with Crippen molar-refractivity contribution in [3.63, 3.8) is 0 Å². The number of para-hydroxylation sites is 2. The molecule has 1 N–H and O–H groups in total. The van der Waals surface area contributed by atoms with E-state index in [0.717, 1.165) is 23.0 Å². The third kappa shape index (κ3) is 3.15. The summed E-state index contributed by atoms with van der Waals surface area (Å²) >= 11 is 0. The average Bonchev–Trinajstić information content (AvgIpc) is 2.79. The van der Waals surface area contributed by atoms with Crippen molar-refractivity contribution in [2.24, 2.45) is 0 Å². The monoisotopic (exact) mass is 447 g/mol. The van der Waals surface area contributed by atoms with Crippen LogP contribution in [-0.4, -0.2) is 24.5 Å². The van der Waals surface area contributed by atoms with Crippen molar-refractivity contribution in [1.82, 2.24) is 9.55 Å². The van der Waals surface area contributed by atoms with Gasteiger partial charge in [-0.25, -0.2) is 17.8 Å². The van der Waals surface area contributed by atoms with Gasteiger partial charge < -0.3 is 4.98 Å². The van der Waals surface area contributed by atoms with Crippen molar-refractivity contribution in [2.75, 3.05) is 10.8 Å². The fourth-order valence-corrected chi connectivity index (χ4v) is 6.06. The largest absolute Gasteiger partial charge is 0.333 e. The van der Waals surface area contributed by atoms with Gasteiger partial charge in [0.2, 0.25) is 0 Å². The molecule has 0 unspecified atom stereocenters. The Morgan fingerprint density at radius 2 is 1.69 bits per heavy atom. The number of hydrogen-bond acceptors (Lipinski definition) is 4. The standard InChI is InChI=1S/C24H21N3O4S/c1-16-12-13-18(27-23(28)19-9-3-4-10-20(19)25-24(27)29)15-22(16)32(30,31)26-14-6-8-17-7-2-5-11-21(17)26/h2-5,7,9-13,15H,6,8,14H2,1H3,(H,25,29). The van der Waals surface area contributed by atoms with Gasteiger partial charge in [-0.1, -0.05) is 36.4 Å². The first-order valence-corrected chi connectivity index (χ1v) is 11.8. The molecular weight excluding hydrogens is 426 g/mol. The number of H-pyrrole nitrogens is 1. The molecule has 1 aromatic heterocycles. The SMILES string of the molecule is Cc1ccc(-n2c(=O)[nH]c3ccccc3c2=O)cc1S(=O)(=O)N1CCCc2ccccc21. The molecule has 1 aliphatic heterocycles. The highest BCUT2D eigenvalue weighted by Crippen LogP contribution is 2.33. The summed E-state index contributed by atoms with van der Waals surface area (Å²) in [6.45, 7) is 2.08. The quantitative estimate of drug-likeness (QED) is 0.522. The lowest BCUT2D eigenvalue weighted by molar-refractivity contribution is 0.586. The Morgan fingerprint density at radius 1 is 0.938 bits per heavy atom. The highest BCUT2D eigenvalue weighted by molar-refractivity contribution is 7.92. The molecule has 162 valence electrons. The fourth-order valence-electron chi connectivity index (χ4n) is 4.27. The number of aromatic nitrogens is 2. The lowest BCUT2D eigenvalue weighted by Crippen LogP contribution is -2.36. The average molecular weight is 448 g/mol. The number of aromatic amines is 1. The van der Waals surface area contributed by atoms with Crippen LogP contribution in [-0.2, 0) is 16.4 Å². The van der Waals surface area contributed by atoms with Gasteiger partial charge in [0.1, 0.15) is 0 Å². The smallest absolute Gasteiger partial charge is 0.306 e. The minimum Gasteiger partial charge on any atom is -0.306 e. The number of aryl methyl sites for hydroxylation is 2. The van der Waals surface area contributed by atoms with Crippen LogP contribution in [0.15, 0.2) is 81.2 Å². The molecule has 1 aliphatic rings. The molecule has 3 aromatic carbocycles. The van der Waals surface area contributed by atoms with Gasteiger partial charge in [0.25, 0.3) is 15.6 Å². The molecule has 7 nitrogen and oxygen atoms in total. The molecule has 4 aromatic rings. The van der Waals surface area contributed by atoms with Gasteiger partial charge in [0.05, 0.1) is 27.2 Å². The predicted octanol–water partition coefficient (Wildman–Crippen LogP) is 3.13. The van der Waals surface area contributed by atoms with E-state index in [1.54, 1.807) is 43.3 Å². The fraction of sp³-hybridized carbons (Fsp3) is 0.167. The highest BCUT2D eigenvalue weighted by Gasteiger charge is 2.30. The van der Waals surface area contributed by atoms with Crippen molar-refractivity contribution in [3.05, 3.63) is 98.7 Å². The number of nitrogens with zero attached hydrogens (tertiary/aromatic N) is 2. The van der Waals surface area contributed by atoms with Crippen LogP contribution < -0.4 is 15.6 Å². The van der Waals surface area contributed by atoms with Crippen LogP contribution in [0.1, 0.15) is 17.5 Å². The van der Waals surface area contributed by atoms with Crippen molar-refractivity contribution in [2.45, 2.75) is 24.7 Å². The molecule has 5 rings (SSSR count). The lowest BCUT2D eigenvalue weighted by atomic mass is 10.0. The van der Waals surface area contributed by atoms with Crippen LogP contribution in [0.5, 0.6) is 0 Å². The van der Waals surface area contributed by atoms with E-state index in [4.69, 9.17) is 0 Å². The maximum Gasteiger partial charge on any atom is 0.333 e. The zero-order valence-electron chi connectivity index (χ0n) is 17.4. The van der Waals surface area contributed by atoms with Crippen LogP contribution >= 0.6 is 0 Å². The predicted molar refractivity (Wildman–Crippen MR) is 124 cm³/mol. The van der Waals surface area contributed by atoms with Gasteiger partial charge in [-0.2, -0.15) is 0 Å². The molecule has 0 bridgehead atoms. The molecule has 0 fully saturated rings. The van der Waals surface area contributed by atoms with Crippen LogP contribution in [0.4, 0.5) is 5.69 Å². The third-order valence-corrected chi connectivity index (χ3v) is 7.83. The van der Waals surface area contributed by atoms with E-state index in [1.165, 1.54) is 10.4 Å². The van der Waals surface area contributed by atoms with E-state index < -0.39 is 21.3 Å². The normalized spacial score (nSPS) is 13.8. The van der Waals surface area contributed by atoms with Crippen LogP contribution in [0, 0.1) is 6.92 Å². The summed E-state index contributed by atoms with van der Waals surface area (Å²) in [5.41, 5.74) is 1.72. The van der Waals surface area contributed by atoms with Crippen molar-refractivity contribution < 1.29 is 8.42 Å². The van der Waals surface area contributed by atoms with Gasteiger partial charge >= 0.3 is 5.69 Å². The summed E-state index contributed by atoms with van der Waals surface area (Å²) in [5.74, 6) is 0. The zero-order valence-corrected chi connectivity index (χ0v) is 18.2. The number of nitrogens with one attached hydrogen (secondary N) is 1. The highest BCUT2D eigenvalue weighted by atomic mass is 32.2. The third-order valence-electron chi connectivity index (χ3n) is 5.87. The number of benzene rings is 3. The maximum atomic E-state index is 13.7. The Balaban J connectivity index is 1.69. The summed E-state index contributed by atoms with van der Waals surface area (Å²) in [6.07, 6.45) is 1.54. The van der Waals surface area contributed by atoms with E-state index in [1.807, 2.05) is 24.3 Å². The number of fused-ring (bicyclic) bond motifs is 2. The Hall–Kier alpha value is -3.65. The summed E-state index contributed by atoms with van der Waals surface area (Å²) in [4.78, 5) is 28.5. The Morgan fingerprint density at radius 3 is 2.53 bits per heavy atom. The Labute approximate surface area is 184 Å². The second-order valence-electron chi connectivity index (χ2n) is 7.88. The van der Waals surface area contributed by atoms with Crippen molar-refractivity contribution in [3.8, 4) is 5.69 Å². The van der Waals surface area contributed by atoms with E-state index in [9.17, 15) is 18.0 Å². The first-order valence-electron chi connectivity index (χ1n) is 10.3. The first-order chi connectivity index (χ1) is 15.4. The second kappa shape index (κ2) is 7.49. The minimum atomic E-state index is -3.90. The molecule has 0 radical (unpaired) electrons. The molecule has 0 atom stereocenters. The number of anilines is 1. The van der Waals surface area contributed by atoms with E-state index >= 15 is 0 Å². The number of sulfonamides is 1. The molecule has 0 saturated carbocycles. The summed E-state index contributed by atoms with van der Waals surface area (Å²) in [5, 5.41) is 0.349. The number of rotatable bonds is 3. The molecule has 32 heavy (non-hydrogen) atoms. The van der Waals surface area contributed by atoms with E-state index in [2.05, 4.69) is 4.98 Å². The minimum absolute atomic E-state index is 0.0751. The van der Waals surface area contributed by atoms with Gasteiger partial charge in [-0.05, 0) is 61.2 Å². The summed E-state index contributed by atoms with van der Waals surface area (Å²) in [7, 11) is -3.90. The van der Waals surface area contributed by atoms with Gasteiger partial charge in [-0.15, -0.1) is 0 Å². The molecule has 8 heteroatoms. The molecular formula is C24H21N3O4S. The second-order valence-corrected chi connectivity index (χ2v) is 9.71. The van der Waals surface area contributed by atoms with Crippen LogP contribution in [0.3, 0.4) is 0 Å². The topological polar surface area (TPSA) is 92.2 Å². The Bertz CT molecular complexity index is 1590. The van der Waals surface area contributed by atoms with Crippen LogP contribution in [0.2, 0.25) is 0 Å². The maximum absolute atomic E-state index is 13.7. The van der Waals surface area contributed by atoms with Gasteiger partial charge in [0.15, 0.2) is 0 Å². The lowest BCUT2D eigenvalue weighted by Gasteiger charge is -2.31. The number of hydrogen-bond donors (Lipinski definition) is 1. The molecule has 0 amide bonds. The van der Waals surface area contributed by atoms with E-state index in [0.29, 0.717) is 28.7 Å². The summed E-state index contributed by atoms with van der Waals surface area (Å²) in [6, 6.07) is 18.8.